The van der Waals surface area contributed by atoms with Crippen LogP contribution in [-0.2, 0) is 11.3 Å². The molecule has 0 aliphatic rings. The summed E-state index contributed by atoms with van der Waals surface area (Å²) in [5.74, 6) is -0.111. The predicted molar refractivity (Wildman–Crippen MR) is 97.6 cm³/mol. The number of pyridine rings is 1. The molecule has 3 aromatic rings. The molecule has 5 nitrogen and oxygen atoms in total. The molecule has 3 rings (SSSR count). The highest BCUT2D eigenvalue weighted by Gasteiger charge is 2.07. The van der Waals surface area contributed by atoms with Crippen LogP contribution >= 0.6 is 11.3 Å². The SMILES string of the molecule is COCCNc1ccc(CNC(=O)c2cnc3ccsc3c2)cc1. The Hall–Kier alpha value is -2.44. The minimum Gasteiger partial charge on any atom is -0.383 e. The summed E-state index contributed by atoms with van der Waals surface area (Å²) in [5.41, 5.74) is 3.59. The number of thiophene rings is 1. The molecule has 0 unspecified atom stereocenters. The molecular formula is C18H19N3O2S. The highest BCUT2D eigenvalue weighted by atomic mass is 32.1. The molecule has 0 fully saturated rings. The number of carbonyl (C=O) groups is 1. The number of nitrogens with one attached hydrogen (secondary N) is 2. The Bertz CT molecular complexity index is 815. The Morgan fingerprint density at radius 1 is 1.25 bits per heavy atom. The van der Waals surface area contributed by atoms with Gasteiger partial charge in [-0.15, -0.1) is 11.3 Å². The van der Waals surface area contributed by atoms with Gasteiger partial charge in [-0.25, -0.2) is 0 Å². The maximum Gasteiger partial charge on any atom is 0.253 e. The number of anilines is 1. The van der Waals surface area contributed by atoms with Gasteiger partial charge in [0.1, 0.15) is 0 Å². The number of ether oxygens (including phenoxy) is 1. The van der Waals surface area contributed by atoms with E-state index >= 15 is 0 Å². The first-order chi connectivity index (χ1) is 11.8. The van der Waals surface area contributed by atoms with Gasteiger partial charge in [-0.2, -0.15) is 0 Å². The van der Waals surface area contributed by atoms with Crippen LogP contribution in [0.1, 0.15) is 15.9 Å². The van der Waals surface area contributed by atoms with Gasteiger partial charge in [0, 0.05) is 32.1 Å². The molecule has 0 bridgehead atoms. The van der Waals surface area contributed by atoms with E-state index in [0.717, 1.165) is 28.0 Å². The fraction of sp³-hybridized carbons (Fsp3) is 0.222. The maximum absolute atomic E-state index is 12.3. The summed E-state index contributed by atoms with van der Waals surface area (Å²) in [7, 11) is 1.68. The van der Waals surface area contributed by atoms with Crippen LogP contribution in [-0.4, -0.2) is 31.2 Å². The lowest BCUT2D eigenvalue weighted by molar-refractivity contribution is 0.0950. The molecule has 0 spiro atoms. The first-order valence-corrected chi connectivity index (χ1v) is 8.57. The minimum atomic E-state index is -0.111. The second-order valence-corrected chi connectivity index (χ2v) is 6.27. The first kappa shape index (κ1) is 16.4. The number of hydrogen-bond acceptors (Lipinski definition) is 5. The van der Waals surface area contributed by atoms with Gasteiger partial charge in [0.2, 0.25) is 0 Å². The van der Waals surface area contributed by atoms with Crippen molar-refractivity contribution in [1.82, 2.24) is 10.3 Å². The summed E-state index contributed by atoms with van der Waals surface area (Å²) in [4.78, 5) is 16.5. The maximum atomic E-state index is 12.3. The van der Waals surface area contributed by atoms with Crippen molar-refractivity contribution in [1.29, 1.82) is 0 Å². The second kappa shape index (κ2) is 7.90. The number of aromatic nitrogens is 1. The van der Waals surface area contributed by atoms with Crippen LogP contribution in [0.4, 0.5) is 5.69 Å². The van der Waals surface area contributed by atoms with Gasteiger partial charge in [0.15, 0.2) is 0 Å². The van der Waals surface area contributed by atoms with Crippen molar-refractivity contribution in [3.8, 4) is 0 Å². The predicted octanol–water partition coefficient (Wildman–Crippen LogP) is 3.28. The average molecular weight is 341 g/mol. The van der Waals surface area contributed by atoms with Crippen molar-refractivity contribution in [2.45, 2.75) is 6.54 Å². The Morgan fingerprint density at radius 3 is 2.88 bits per heavy atom. The molecular weight excluding hydrogens is 322 g/mol. The van der Waals surface area contributed by atoms with Crippen LogP contribution in [0.3, 0.4) is 0 Å². The molecule has 2 aromatic heterocycles. The van der Waals surface area contributed by atoms with Crippen LogP contribution in [0.2, 0.25) is 0 Å². The van der Waals surface area contributed by atoms with E-state index in [1.807, 2.05) is 41.8 Å². The molecule has 0 saturated heterocycles. The van der Waals surface area contributed by atoms with Crippen molar-refractivity contribution >= 4 is 33.1 Å². The number of hydrogen-bond donors (Lipinski definition) is 2. The van der Waals surface area contributed by atoms with E-state index in [0.29, 0.717) is 18.7 Å². The van der Waals surface area contributed by atoms with E-state index in [9.17, 15) is 4.79 Å². The van der Waals surface area contributed by atoms with Gasteiger partial charge in [0.25, 0.3) is 5.91 Å². The summed E-state index contributed by atoms with van der Waals surface area (Å²) >= 11 is 1.58. The molecule has 24 heavy (non-hydrogen) atoms. The summed E-state index contributed by atoms with van der Waals surface area (Å²) in [6.45, 7) is 1.92. The molecule has 6 heteroatoms. The van der Waals surface area contributed by atoms with E-state index in [-0.39, 0.29) is 5.91 Å². The standard InChI is InChI=1S/C18H19N3O2S/c1-23-8-7-19-15-4-2-13(3-5-15)11-21-18(22)14-10-17-16(20-12-14)6-9-24-17/h2-6,9-10,12,19H,7-8,11H2,1H3,(H,21,22). The van der Waals surface area contributed by atoms with Gasteiger partial charge in [-0.3, -0.25) is 9.78 Å². The fourth-order valence-corrected chi connectivity index (χ4v) is 3.07. The van der Waals surface area contributed by atoms with Crippen molar-refractivity contribution in [3.05, 3.63) is 59.1 Å². The molecule has 124 valence electrons. The zero-order valence-electron chi connectivity index (χ0n) is 13.4. The van der Waals surface area contributed by atoms with Crippen LogP contribution in [0, 0.1) is 0 Å². The van der Waals surface area contributed by atoms with Gasteiger partial charge in [0.05, 0.1) is 22.4 Å². The molecule has 2 N–H and O–H groups in total. The normalized spacial score (nSPS) is 10.7. The van der Waals surface area contributed by atoms with Gasteiger partial charge >= 0.3 is 0 Å². The highest BCUT2D eigenvalue weighted by molar-refractivity contribution is 7.17. The number of carbonyl (C=O) groups excluding carboxylic acids is 1. The number of benzene rings is 1. The molecule has 0 atom stereocenters. The first-order valence-electron chi connectivity index (χ1n) is 7.69. The van der Waals surface area contributed by atoms with Crippen LogP contribution in [0.5, 0.6) is 0 Å². The third kappa shape index (κ3) is 4.10. The number of amides is 1. The minimum absolute atomic E-state index is 0.111. The monoisotopic (exact) mass is 341 g/mol. The van der Waals surface area contributed by atoms with Crippen molar-refractivity contribution < 1.29 is 9.53 Å². The molecule has 0 radical (unpaired) electrons. The molecule has 1 aromatic carbocycles. The van der Waals surface area contributed by atoms with Crippen LogP contribution in [0.25, 0.3) is 10.2 Å². The highest BCUT2D eigenvalue weighted by Crippen LogP contribution is 2.19. The van der Waals surface area contributed by atoms with Crippen LogP contribution < -0.4 is 10.6 Å². The van der Waals surface area contributed by atoms with E-state index in [1.54, 1.807) is 24.6 Å². The lowest BCUT2D eigenvalue weighted by atomic mass is 10.2. The van der Waals surface area contributed by atoms with Crippen molar-refractivity contribution in [3.63, 3.8) is 0 Å². The summed E-state index contributed by atoms with van der Waals surface area (Å²) in [6.07, 6.45) is 1.62. The molecule has 0 aliphatic heterocycles. The van der Waals surface area contributed by atoms with Gasteiger partial charge in [-0.05, 0) is 35.2 Å². The largest absolute Gasteiger partial charge is 0.383 e. The summed E-state index contributed by atoms with van der Waals surface area (Å²) < 4.78 is 6.02. The number of methoxy groups -OCH3 is 1. The third-order valence-corrected chi connectivity index (χ3v) is 4.46. The Kier molecular flexibility index (Phi) is 5.40. The Balaban J connectivity index is 1.55. The van der Waals surface area contributed by atoms with E-state index in [4.69, 9.17) is 4.74 Å². The van der Waals surface area contributed by atoms with Crippen LogP contribution in [0.15, 0.2) is 48.0 Å². The Labute approximate surface area is 144 Å². The van der Waals surface area contributed by atoms with E-state index in [2.05, 4.69) is 15.6 Å². The van der Waals surface area contributed by atoms with Gasteiger partial charge in [-0.1, -0.05) is 12.1 Å². The van der Waals surface area contributed by atoms with Gasteiger partial charge < -0.3 is 15.4 Å². The zero-order chi connectivity index (χ0) is 16.8. The van der Waals surface area contributed by atoms with Crippen molar-refractivity contribution in [2.75, 3.05) is 25.6 Å². The lowest BCUT2D eigenvalue weighted by Gasteiger charge is -2.08. The van der Waals surface area contributed by atoms with E-state index < -0.39 is 0 Å². The molecule has 0 saturated carbocycles. The average Bonchev–Trinajstić information content (AvgIpc) is 3.08. The smallest absolute Gasteiger partial charge is 0.253 e. The lowest BCUT2D eigenvalue weighted by Crippen LogP contribution is -2.22. The number of rotatable bonds is 7. The molecule has 0 aliphatic carbocycles. The quantitative estimate of drug-likeness (QED) is 0.647. The second-order valence-electron chi connectivity index (χ2n) is 5.33. The number of fused-ring (bicyclic) bond motifs is 1. The van der Waals surface area contributed by atoms with Crippen molar-refractivity contribution in [2.24, 2.45) is 0 Å². The summed E-state index contributed by atoms with van der Waals surface area (Å²) in [6, 6.07) is 11.8. The molecule has 2 heterocycles. The summed E-state index contributed by atoms with van der Waals surface area (Å²) in [5, 5.41) is 8.16. The van der Waals surface area contributed by atoms with E-state index in [1.165, 1.54) is 0 Å². The zero-order valence-corrected chi connectivity index (χ0v) is 14.2. The fourth-order valence-electron chi connectivity index (χ4n) is 2.29. The third-order valence-electron chi connectivity index (χ3n) is 3.61. The number of nitrogens with zero attached hydrogens (tertiary/aromatic N) is 1. The topological polar surface area (TPSA) is 63.2 Å². The Morgan fingerprint density at radius 2 is 2.08 bits per heavy atom. The molecule has 1 amide bonds.